The summed E-state index contributed by atoms with van der Waals surface area (Å²) < 4.78 is 0. The first-order chi connectivity index (χ1) is 11.3. The fourth-order valence-corrected chi connectivity index (χ4v) is 5.14. The first-order valence-corrected chi connectivity index (χ1v) is 9.92. The minimum absolute atomic E-state index is 0.450. The monoisotopic (exact) mass is 312 g/mol. The van der Waals surface area contributed by atoms with E-state index in [1.54, 1.807) is 11.1 Å². The molecule has 4 rings (SSSR count). The van der Waals surface area contributed by atoms with Crippen LogP contribution in [0.3, 0.4) is 0 Å². The van der Waals surface area contributed by atoms with Crippen LogP contribution in [0.1, 0.15) is 62.5 Å². The minimum atomic E-state index is 0.450. The normalized spacial score (nSPS) is 26.5. The maximum absolute atomic E-state index is 6.52. The van der Waals surface area contributed by atoms with Crippen LogP contribution >= 0.6 is 0 Å². The maximum atomic E-state index is 6.52. The van der Waals surface area contributed by atoms with Gasteiger partial charge in [-0.2, -0.15) is 0 Å². The van der Waals surface area contributed by atoms with Crippen molar-refractivity contribution in [3.8, 4) is 0 Å². The second-order valence-corrected chi connectivity index (χ2v) is 8.20. The minimum Gasteiger partial charge on any atom is -0.371 e. The first-order valence-electron chi connectivity index (χ1n) is 9.92. The van der Waals surface area contributed by atoms with E-state index >= 15 is 0 Å². The zero-order valence-corrected chi connectivity index (χ0v) is 14.5. The Morgan fingerprint density at radius 2 is 1.78 bits per heavy atom. The molecule has 0 radical (unpaired) electrons. The van der Waals surface area contributed by atoms with Crippen molar-refractivity contribution >= 4 is 5.69 Å². The third kappa shape index (κ3) is 3.42. The first kappa shape index (κ1) is 15.5. The van der Waals surface area contributed by atoms with E-state index in [1.807, 2.05) is 0 Å². The van der Waals surface area contributed by atoms with Gasteiger partial charge in [-0.15, -0.1) is 0 Å². The number of nitrogens with zero attached hydrogens (tertiary/aromatic N) is 1. The quantitative estimate of drug-likeness (QED) is 0.898. The maximum Gasteiger partial charge on any atom is 0.0369 e. The Morgan fingerprint density at radius 3 is 2.61 bits per heavy atom. The van der Waals surface area contributed by atoms with E-state index < -0.39 is 0 Å². The van der Waals surface area contributed by atoms with Crippen LogP contribution in [0.25, 0.3) is 0 Å². The SMILES string of the molecule is NC(CC1CCN(c2ccc3c(c2)CCCC3)C1)C1CCCC1. The molecule has 1 heterocycles. The van der Waals surface area contributed by atoms with E-state index in [0.29, 0.717) is 6.04 Å². The van der Waals surface area contributed by atoms with Crippen LogP contribution in [0, 0.1) is 11.8 Å². The average Bonchev–Trinajstić information content (AvgIpc) is 3.26. The van der Waals surface area contributed by atoms with E-state index in [0.717, 1.165) is 11.8 Å². The molecule has 1 saturated carbocycles. The molecule has 2 atom stereocenters. The Balaban J connectivity index is 1.36. The third-order valence-corrected chi connectivity index (χ3v) is 6.59. The fraction of sp³-hybridized carbons (Fsp3) is 0.714. The topological polar surface area (TPSA) is 29.3 Å². The summed E-state index contributed by atoms with van der Waals surface area (Å²) in [5.41, 5.74) is 11.2. The summed E-state index contributed by atoms with van der Waals surface area (Å²) in [5.74, 6) is 1.62. The van der Waals surface area contributed by atoms with Gasteiger partial charge in [-0.1, -0.05) is 18.9 Å². The van der Waals surface area contributed by atoms with Gasteiger partial charge in [0.25, 0.3) is 0 Å². The summed E-state index contributed by atoms with van der Waals surface area (Å²) in [7, 11) is 0. The molecule has 3 aliphatic rings. The molecule has 2 unspecified atom stereocenters. The smallest absolute Gasteiger partial charge is 0.0369 e. The molecule has 2 nitrogen and oxygen atoms in total. The van der Waals surface area contributed by atoms with Crippen LogP contribution in [0.5, 0.6) is 0 Å². The number of rotatable bonds is 4. The standard InChI is InChI=1S/C21H32N2/c22-21(18-6-2-3-7-18)13-16-11-12-23(15-16)20-10-9-17-5-1-4-8-19(17)14-20/h9-10,14,16,18,21H,1-8,11-13,15,22H2. The molecule has 2 fully saturated rings. The second kappa shape index (κ2) is 6.84. The molecule has 1 aromatic rings. The molecule has 1 aliphatic heterocycles. The zero-order chi connectivity index (χ0) is 15.6. The molecule has 2 heteroatoms. The van der Waals surface area contributed by atoms with Crippen LogP contribution in [0.15, 0.2) is 18.2 Å². The summed E-state index contributed by atoms with van der Waals surface area (Å²) in [4.78, 5) is 2.61. The molecule has 0 bridgehead atoms. The van der Waals surface area contributed by atoms with Gasteiger partial charge >= 0.3 is 0 Å². The van der Waals surface area contributed by atoms with Gasteiger partial charge in [-0.05, 0) is 86.5 Å². The second-order valence-electron chi connectivity index (χ2n) is 8.20. The van der Waals surface area contributed by atoms with Gasteiger partial charge < -0.3 is 10.6 Å². The van der Waals surface area contributed by atoms with Crippen LogP contribution in [0.2, 0.25) is 0 Å². The van der Waals surface area contributed by atoms with Crippen molar-refractivity contribution in [3.63, 3.8) is 0 Å². The van der Waals surface area contributed by atoms with Crippen molar-refractivity contribution in [2.45, 2.75) is 70.3 Å². The van der Waals surface area contributed by atoms with Gasteiger partial charge in [0, 0.05) is 24.8 Å². The van der Waals surface area contributed by atoms with Crippen molar-refractivity contribution in [1.29, 1.82) is 0 Å². The summed E-state index contributed by atoms with van der Waals surface area (Å²) in [5, 5.41) is 0. The lowest BCUT2D eigenvalue weighted by molar-refractivity contribution is 0.357. The van der Waals surface area contributed by atoms with Crippen molar-refractivity contribution < 1.29 is 0 Å². The predicted octanol–water partition coefficient (Wildman–Crippen LogP) is 4.30. The number of hydrogen-bond acceptors (Lipinski definition) is 2. The van der Waals surface area contributed by atoms with Crippen molar-refractivity contribution in [2.24, 2.45) is 17.6 Å². The predicted molar refractivity (Wildman–Crippen MR) is 98.0 cm³/mol. The lowest BCUT2D eigenvalue weighted by atomic mass is 9.89. The Hall–Kier alpha value is -1.02. The molecule has 126 valence electrons. The number of anilines is 1. The number of aryl methyl sites for hydroxylation is 2. The lowest BCUT2D eigenvalue weighted by Crippen LogP contribution is -2.31. The van der Waals surface area contributed by atoms with Crippen molar-refractivity contribution in [2.75, 3.05) is 18.0 Å². The fourth-order valence-electron chi connectivity index (χ4n) is 5.14. The summed E-state index contributed by atoms with van der Waals surface area (Å²) in [6, 6.07) is 7.68. The number of nitrogens with two attached hydrogens (primary N) is 1. The average molecular weight is 313 g/mol. The Morgan fingerprint density at radius 1 is 1.00 bits per heavy atom. The largest absolute Gasteiger partial charge is 0.371 e. The van der Waals surface area contributed by atoms with Crippen LogP contribution < -0.4 is 10.6 Å². The number of benzene rings is 1. The lowest BCUT2D eigenvalue weighted by Gasteiger charge is -2.24. The molecular weight excluding hydrogens is 280 g/mol. The van der Waals surface area contributed by atoms with Gasteiger partial charge in [0.05, 0.1) is 0 Å². The molecule has 23 heavy (non-hydrogen) atoms. The number of fused-ring (bicyclic) bond motifs is 1. The molecule has 0 spiro atoms. The summed E-state index contributed by atoms with van der Waals surface area (Å²) in [6.07, 6.45) is 13.5. The van der Waals surface area contributed by atoms with Crippen LogP contribution in [0.4, 0.5) is 5.69 Å². The van der Waals surface area contributed by atoms with E-state index in [1.165, 1.54) is 83.0 Å². The highest BCUT2D eigenvalue weighted by Crippen LogP contribution is 2.33. The molecule has 2 aliphatic carbocycles. The van der Waals surface area contributed by atoms with Crippen molar-refractivity contribution in [3.05, 3.63) is 29.3 Å². The number of hydrogen-bond donors (Lipinski definition) is 1. The van der Waals surface area contributed by atoms with Gasteiger partial charge in [0.15, 0.2) is 0 Å². The summed E-state index contributed by atoms with van der Waals surface area (Å²) >= 11 is 0. The highest BCUT2D eigenvalue weighted by atomic mass is 15.1. The van der Waals surface area contributed by atoms with E-state index in [2.05, 4.69) is 23.1 Å². The Kier molecular flexibility index (Phi) is 4.61. The zero-order valence-electron chi connectivity index (χ0n) is 14.5. The van der Waals surface area contributed by atoms with E-state index in [-0.39, 0.29) is 0 Å². The molecule has 1 aromatic carbocycles. The van der Waals surface area contributed by atoms with Crippen LogP contribution in [-0.2, 0) is 12.8 Å². The van der Waals surface area contributed by atoms with E-state index in [4.69, 9.17) is 5.73 Å². The molecule has 0 amide bonds. The summed E-state index contributed by atoms with van der Waals surface area (Å²) in [6.45, 7) is 2.44. The van der Waals surface area contributed by atoms with Gasteiger partial charge in [0.2, 0.25) is 0 Å². The van der Waals surface area contributed by atoms with Gasteiger partial charge in [-0.3, -0.25) is 0 Å². The highest BCUT2D eigenvalue weighted by molar-refractivity contribution is 5.52. The Labute approximate surface area is 141 Å². The van der Waals surface area contributed by atoms with Gasteiger partial charge in [0.1, 0.15) is 0 Å². The van der Waals surface area contributed by atoms with Crippen LogP contribution in [-0.4, -0.2) is 19.1 Å². The van der Waals surface area contributed by atoms with E-state index in [9.17, 15) is 0 Å². The van der Waals surface area contributed by atoms with Crippen molar-refractivity contribution in [1.82, 2.24) is 0 Å². The third-order valence-electron chi connectivity index (χ3n) is 6.59. The molecule has 2 N–H and O–H groups in total. The van der Waals surface area contributed by atoms with Gasteiger partial charge in [-0.25, -0.2) is 0 Å². The molecule has 0 aromatic heterocycles. The highest BCUT2D eigenvalue weighted by Gasteiger charge is 2.29. The Bertz CT molecular complexity index is 533. The molecular formula is C21H32N2. The molecule has 1 saturated heterocycles.